The van der Waals surface area contributed by atoms with Gasteiger partial charge in [0.05, 0.1) is 11.3 Å². The second-order valence-corrected chi connectivity index (χ2v) is 6.45. The summed E-state index contributed by atoms with van der Waals surface area (Å²) in [5.41, 5.74) is 2.20. The summed E-state index contributed by atoms with van der Waals surface area (Å²) in [6.45, 7) is 1.92. The van der Waals surface area contributed by atoms with E-state index in [-0.39, 0.29) is 11.3 Å². The van der Waals surface area contributed by atoms with Crippen LogP contribution < -0.4 is 4.72 Å². The lowest BCUT2D eigenvalue weighted by Crippen LogP contribution is -2.15. The summed E-state index contributed by atoms with van der Waals surface area (Å²) in [5.74, 6) is -1.25. The molecule has 0 aliphatic rings. The number of aromatic carboxylic acids is 1. The number of anilines is 1. The van der Waals surface area contributed by atoms with Crippen LogP contribution in [0.5, 0.6) is 0 Å². The van der Waals surface area contributed by atoms with E-state index in [1.54, 1.807) is 12.1 Å². The molecule has 0 heterocycles. The Kier molecular flexibility index (Phi) is 4.28. The lowest BCUT2D eigenvalue weighted by Gasteiger charge is -2.08. The van der Waals surface area contributed by atoms with E-state index < -0.39 is 16.0 Å². The molecule has 0 bridgehead atoms. The second kappa shape index (κ2) is 5.97. The van der Waals surface area contributed by atoms with Crippen molar-refractivity contribution in [2.75, 3.05) is 4.72 Å². The number of carboxylic acid groups (broad SMARTS) is 1. The minimum absolute atomic E-state index is 0.127. The minimum Gasteiger partial charge on any atom is -0.478 e. The smallest absolute Gasteiger partial charge is 0.335 e. The molecule has 0 aromatic heterocycles. The van der Waals surface area contributed by atoms with Crippen LogP contribution in [-0.2, 0) is 15.8 Å². The average Bonchev–Trinajstić information content (AvgIpc) is 2.41. The van der Waals surface area contributed by atoms with E-state index in [0.717, 1.165) is 5.56 Å². The van der Waals surface area contributed by atoms with Gasteiger partial charge in [-0.2, -0.15) is 0 Å². The quantitative estimate of drug-likeness (QED) is 0.889. The molecular weight excluding hydrogens is 290 g/mol. The summed E-state index contributed by atoms with van der Waals surface area (Å²) < 4.78 is 26.6. The highest BCUT2D eigenvalue weighted by molar-refractivity contribution is 7.91. The second-order valence-electron chi connectivity index (χ2n) is 4.73. The van der Waals surface area contributed by atoms with Crippen LogP contribution in [0.2, 0.25) is 0 Å². The van der Waals surface area contributed by atoms with Gasteiger partial charge in [-0.1, -0.05) is 29.8 Å². The number of aryl methyl sites for hydroxylation is 1. The molecule has 2 rings (SSSR count). The average molecular weight is 305 g/mol. The molecular formula is C15H15NO4S. The summed E-state index contributed by atoms with van der Waals surface area (Å²) in [4.78, 5) is 10.7. The zero-order valence-electron chi connectivity index (χ0n) is 11.4. The third-order valence-electron chi connectivity index (χ3n) is 2.88. The van der Waals surface area contributed by atoms with Crippen molar-refractivity contribution in [2.45, 2.75) is 12.7 Å². The van der Waals surface area contributed by atoms with Gasteiger partial charge in [-0.05, 0) is 36.8 Å². The van der Waals surface area contributed by atoms with Crippen LogP contribution in [0.15, 0.2) is 48.5 Å². The fraction of sp³-hybridized carbons (Fsp3) is 0.133. The number of rotatable bonds is 5. The Labute approximate surface area is 123 Å². The number of sulfonamides is 1. The van der Waals surface area contributed by atoms with Crippen molar-refractivity contribution in [2.24, 2.45) is 0 Å². The number of carbonyl (C=O) groups is 1. The number of carboxylic acids is 1. The van der Waals surface area contributed by atoms with Gasteiger partial charge in [0.15, 0.2) is 0 Å². The van der Waals surface area contributed by atoms with E-state index in [4.69, 9.17) is 5.11 Å². The predicted molar refractivity (Wildman–Crippen MR) is 80.8 cm³/mol. The molecule has 0 fully saturated rings. The SMILES string of the molecule is Cc1ccc(NS(=O)(=O)Cc2ccc(C(=O)O)cc2)cc1. The summed E-state index contributed by atoms with van der Waals surface area (Å²) in [6.07, 6.45) is 0. The van der Waals surface area contributed by atoms with Crippen molar-refractivity contribution in [3.05, 3.63) is 65.2 Å². The molecule has 0 saturated heterocycles. The van der Waals surface area contributed by atoms with Gasteiger partial charge in [0.2, 0.25) is 10.0 Å². The highest BCUT2D eigenvalue weighted by Crippen LogP contribution is 2.14. The topological polar surface area (TPSA) is 83.5 Å². The third kappa shape index (κ3) is 4.32. The summed E-state index contributed by atoms with van der Waals surface area (Å²) in [7, 11) is -3.53. The maximum absolute atomic E-state index is 12.0. The normalized spacial score (nSPS) is 11.1. The van der Waals surface area contributed by atoms with Crippen LogP contribution >= 0.6 is 0 Å². The van der Waals surface area contributed by atoms with Crippen molar-refractivity contribution in [3.8, 4) is 0 Å². The summed E-state index contributed by atoms with van der Waals surface area (Å²) >= 11 is 0. The highest BCUT2D eigenvalue weighted by Gasteiger charge is 2.12. The molecule has 0 unspecified atom stereocenters. The van der Waals surface area contributed by atoms with Gasteiger partial charge in [-0.3, -0.25) is 4.72 Å². The predicted octanol–water partition coefficient (Wildman–Crippen LogP) is 2.64. The maximum atomic E-state index is 12.0. The van der Waals surface area contributed by atoms with Crippen LogP contribution in [0.1, 0.15) is 21.5 Å². The molecule has 0 radical (unpaired) electrons. The van der Waals surface area contributed by atoms with Gasteiger partial charge >= 0.3 is 5.97 Å². The maximum Gasteiger partial charge on any atom is 0.335 e. The lowest BCUT2D eigenvalue weighted by atomic mass is 10.1. The Morgan fingerprint density at radius 2 is 1.62 bits per heavy atom. The van der Waals surface area contributed by atoms with Crippen molar-refractivity contribution in [3.63, 3.8) is 0 Å². The Balaban J connectivity index is 2.10. The molecule has 110 valence electrons. The first kappa shape index (κ1) is 15.1. The Hall–Kier alpha value is -2.34. The highest BCUT2D eigenvalue weighted by atomic mass is 32.2. The largest absolute Gasteiger partial charge is 0.478 e. The molecule has 0 spiro atoms. The van der Waals surface area contributed by atoms with E-state index in [2.05, 4.69) is 4.72 Å². The number of hydrogen-bond donors (Lipinski definition) is 2. The molecule has 6 heteroatoms. The van der Waals surface area contributed by atoms with Crippen molar-refractivity contribution in [1.82, 2.24) is 0 Å². The Morgan fingerprint density at radius 1 is 1.05 bits per heavy atom. The monoisotopic (exact) mass is 305 g/mol. The van der Waals surface area contributed by atoms with Crippen LogP contribution in [-0.4, -0.2) is 19.5 Å². The standard InChI is InChI=1S/C15H15NO4S/c1-11-2-8-14(9-3-11)16-21(19,20)10-12-4-6-13(7-5-12)15(17)18/h2-9,16H,10H2,1H3,(H,17,18). The van der Waals surface area contributed by atoms with E-state index >= 15 is 0 Å². The first-order valence-corrected chi connectivity index (χ1v) is 7.90. The van der Waals surface area contributed by atoms with E-state index in [1.807, 2.05) is 19.1 Å². The molecule has 0 atom stereocenters. The van der Waals surface area contributed by atoms with Crippen molar-refractivity contribution in [1.29, 1.82) is 0 Å². The number of nitrogens with one attached hydrogen (secondary N) is 1. The molecule has 2 N–H and O–H groups in total. The molecule has 2 aromatic carbocycles. The van der Waals surface area contributed by atoms with Crippen molar-refractivity contribution < 1.29 is 18.3 Å². The van der Waals surface area contributed by atoms with Gasteiger partial charge in [-0.15, -0.1) is 0 Å². The van der Waals surface area contributed by atoms with Crippen LogP contribution in [0.4, 0.5) is 5.69 Å². The Morgan fingerprint density at radius 3 is 2.14 bits per heavy atom. The Bertz CT molecular complexity index is 734. The van der Waals surface area contributed by atoms with E-state index in [9.17, 15) is 13.2 Å². The van der Waals surface area contributed by atoms with Crippen LogP contribution in [0.3, 0.4) is 0 Å². The molecule has 0 aliphatic heterocycles. The van der Waals surface area contributed by atoms with E-state index in [0.29, 0.717) is 11.3 Å². The van der Waals surface area contributed by atoms with Crippen LogP contribution in [0.25, 0.3) is 0 Å². The first-order chi connectivity index (χ1) is 9.85. The molecule has 2 aromatic rings. The van der Waals surface area contributed by atoms with Gasteiger partial charge in [0.25, 0.3) is 0 Å². The summed E-state index contributed by atoms with van der Waals surface area (Å²) in [5, 5.41) is 8.79. The van der Waals surface area contributed by atoms with Crippen LogP contribution in [0, 0.1) is 6.92 Å². The lowest BCUT2D eigenvalue weighted by molar-refractivity contribution is 0.0697. The van der Waals surface area contributed by atoms with Crippen molar-refractivity contribution >= 4 is 21.7 Å². The first-order valence-electron chi connectivity index (χ1n) is 6.25. The van der Waals surface area contributed by atoms with Gasteiger partial charge in [-0.25, -0.2) is 13.2 Å². The van der Waals surface area contributed by atoms with Gasteiger partial charge in [0, 0.05) is 5.69 Å². The molecule has 0 aliphatic carbocycles. The van der Waals surface area contributed by atoms with E-state index in [1.165, 1.54) is 24.3 Å². The molecule has 21 heavy (non-hydrogen) atoms. The van der Waals surface area contributed by atoms with Gasteiger partial charge < -0.3 is 5.11 Å². The van der Waals surface area contributed by atoms with Gasteiger partial charge in [0.1, 0.15) is 0 Å². The zero-order chi connectivity index (χ0) is 15.5. The molecule has 0 amide bonds. The zero-order valence-corrected chi connectivity index (χ0v) is 12.2. The molecule has 5 nitrogen and oxygen atoms in total. The minimum atomic E-state index is -3.53. The molecule has 0 saturated carbocycles. The fourth-order valence-electron chi connectivity index (χ4n) is 1.80. The summed E-state index contributed by atoms with van der Waals surface area (Å²) in [6, 6.07) is 12.8. The third-order valence-corrected chi connectivity index (χ3v) is 4.14. The number of hydrogen-bond acceptors (Lipinski definition) is 3. The number of benzene rings is 2. The fourth-order valence-corrected chi connectivity index (χ4v) is 3.00.